The van der Waals surface area contributed by atoms with Crippen molar-refractivity contribution in [1.82, 2.24) is 0 Å². The Morgan fingerprint density at radius 1 is 2.00 bits per heavy atom. The number of hydrogen-bond acceptors (Lipinski definition) is 2. The van der Waals surface area contributed by atoms with E-state index in [9.17, 15) is 0 Å². The third kappa shape index (κ3) is 1.46. The fourth-order valence-corrected chi connectivity index (χ4v) is 2.08. The highest BCUT2D eigenvalue weighted by atomic mass is 79.9. The van der Waals surface area contributed by atoms with E-state index >= 15 is 0 Å². The zero-order valence-corrected chi connectivity index (χ0v) is 6.42. The summed E-state index contributed by atoms with van der Waals surface area (Å²) in [5, 5.41) is 1.20. The van der Waals surface area contributed by atoms with Crippen molar-refractivity contribution in [2.24, 2.45) is 4.99 Å². The van der Waals surface area contributed by atoms with Gasteiger partial charge in [0.05, 0.1) is 15.7 Å². The van der Waals surface area contributed by atoms with Gasteiger partial charge in [0.15, 0.2) is 0 Å². The van der Waals surface area contributed by atoms with Crippen LogP contribution in [0.1, 0.15) is 6.92 Å². The minimum Gasteiger partial charge on any atom is -0.281 e. The van der Waals surface area contributed by atoms with E-state index in [1.165, 1.54) is 5.04 Å². The van der Waals surface area contributed by atoms with Gasteiger partial charge in [-0.25, -0.2) is 0 Å². The van der Waals surface area contributed by atoms with Crippen LogP contribution in [-0.2, 0) is 0 Å². The van der Waals surface area contributed by atoms with E-state index in [1.54, 1.807) is 11.8 Å². The highest BCUT2D eigenvalue weighted by Gasteiger charge is 2.10. The van der Waals surface area contributed by atoms with Crippen LogP contribution in [0, 0.1) is 0 Å². The van der Waals surface area contributed by atoms with Crippen molar-refractivity contribution in [1.29, 1.82) is 0 Å². The van der Waals surface area contributed by atoms with Crippen molar-refractivity contribution in [3.63, 3.8) is 0 Å². The molecule has 1 rings (SSSR count). The predicted molar refractivity (Wildman–Crippen MR) is 38.3 cm³/mol. The Morgan fingerprint density at radius 3 is 2.86 bits per heavy atom. The van der Waals surface area contributed by atoms with Gasteiger partial charge in [-0.1, -0.05) is 27.7 Å². The molecule has 0 radical (unpaired) electrons. The van der Waals surface area contributed by atoms with Gasteiger partial charge in [-0.15, -0.1) is 0 Å². The van der Waals surface area contributed by atoms with Gasteiger partial charge in [-0.3, -0.25) is 4.99 Å². The normalized spacial score (nSPS) is 30.6. The summed E-state index contributed by atoms with van der Waals surface area (Å²) in [5.41, 5.74) is 0. The second kappa shape index (κ2) is 2.18. The van der Waals surface area contributed by atoms with Gasteiger partial charge in [0.2, 0.25) is 0 Å². The number of alkyl halides is 1. The largest absolute Gasteiger partial charge is 0.281 e. The molecule has 1 aliphatic rings. The third-order valence-corrected chi connectivity index (χ3v) is 2.48. The average molecular weight is 180 g/mol. The summed E-state index contributed by atoms with van der Waals surface area (Å²) in [6, 6.07) is 0. The summed E-state index contributed by atoms with van der Waals surface area (Å²) in [5.74, 6) is 0. The number of halogens is 1. The Hall–Kier alpha value is 0.500. The van der Waals surface area contributed by atoms with Crippen molar-refractivity contribution in [2.45, 2.75) is 11.1 Å². The van der Waals surface area contributed by atoms with Crippen LogP contribution in [0.15, 0.2) is 4.99 Å². The van der Waals surface area contributed by atoms with E-state index in [-0.39, 0.29) is 0 Å². The highest BCUT2D eigenvalue weighted by molar-refractivity contribution is 9.11. The molecule has 0 aromatic carbocycles. The first-order chi connectivity index (χ1) is 3.29. The Bertz CT molecular complexity index is 102. The van der Waals surface area contributed by atoms with E-state index in [4.69, 9.17) is 0 Å². The quantitative estimate of drug-likeness (QED) is 0.518. The molecule has 0 saturated carbocycles. The van der Waals surface area contributed by atoms with Crippen LogP contribution in [0.2, 0.25) is 0 Å². The molecule has 0 spiro atoms. The monoisotopic (exact) mass is 179 g/mol. The fraction of sp³-hybridized carbons (Fsp3) is 0.750. The molecule has 0 saturated heterocycles. The number of thioether (sulfide) groups is 1. The lowest BCUT2D eigenvalue weighted by Gasteiger charge is -1.89. The van der Waals surface area contributed by atoms with Gasteiger partial charge < -0.3 is 0 Å². The summed E-state index contributed by atoms with van der Waals surface area (Å²) in [7, 11) is 0. The minimum atomic E-state index is 0.549. The number of rotatable bonds is 0. The SMILES string of the molecule is CC1=NCC(Br)S1. The van der Waals surface area contributed by atoms with Crippen LogP contribution >= 0.6 is 27.7 Å². The molecule has 0 aliphatic carbocycles. The molecule has 1 aliphatic heterocycles. The smallest absolute Gasteiger partial charge is 0.0853 e. The average Bonchev–Trinajstić information content (AvgIpc) is 1.87. The first-order valence-electron chi connectivity index (χ1n) is 2.11. The number of aliphatic imine (C=N–C) groups is 1. The molecule has 1 atom stereocenters. The Balaban J connectivity index is 2.42. The maximum Gasteiger partial charge on any atom is 0.0853 e. The third-order valence-electron chi connectivity index (χ3n) is 0.756. The summed E-state index contributed by atoms with van der Waals surface area (Å²) in [6.07, 6.45) is 0. The predicted octanol–water partition coefficient (Wildman–Crippen LogP) is 1.87. The number of hydrogen-bond donors (Lipinski definition) is 0. The van der Waals surface area contributed by atoms with Gasteiger partial charge in [0.1, 0.15) is 0 Å². The maximum absolute atomic E-state index is 4.15. The van der Waals surface area contributed by atoms with Crippen molar-refractivity contribution >= 4 is 32.7 Å². The first kappa shape index (κ1) is 5.63. The molecular formula is C4H6BrNS. The van der Waals surface area contributed by atoms with E-state index in [2.05, 4.69) is 20.9 Å². The Labute approximate surface area is 55.7 Å². The van der Waals surface area contributed by atoms with Crippen molar-refractivity contribution in [3.8, 4) is 0 Å². The lowest BCUT2D eigenvalue weighted by molar-refractivity contribution is 1.14. The summed E-state index contributed by atoms with van der Waals surface area (Å²) >= 11 is 5.21. The van der Waals surface area contributed by atoms with E-state index in [1.807, 2.05) is 6.92 Å². The molecule has 0 N–H and O–H groups in total. The van der Waals surface area contributed by atoms with Crippen LogP contribution in [0.3, 0.4) is 0 Å². The maximum atomic E-state index is 4.15. The highest BCUT2D eigenvalue weighted by Crippen LogP contribution is 2.24. The summed E-state index contributed by atoms with van der Waals surface area (Å²) in [4.78, 5) is 4.15. The van der Waals surface area contributed by atoms with Crippen LogP contribution in [0.4, 0.5) is 0 Å². The molecule has 1 nitrogen and oxygen atoms in total. The molecule has 0 aromatic rings. The lowest BCUT2D eigenvalue weighted by Crippen LogP contribution is -1.86. The Morgan fingerprint density at radius 2 is 2.71 bits per heavy atom. The molecule has 3 heteroatoms. The summed E-state index contributed by atoms with van der Waals surface area (Å²) < 4.78 is 0.549. The molecule has 0 amide bonds. The van der Waals surface area contributed by atoms with Crippen LogP contribution in [0.25, 0.3) is 0 Å². The van der Waals surface area contributed by atoms with Gasteiger partial charge >= 0.3 is 0 Å². The summed E-state index contributed by atoms with van der Waals surface area (Å²) in [6.45, 7) is 2.97. The molecule has 7 heavy (non-hydrogen) atoms. The fourth-order valence-electron chi connectivity index (χ4n) is 0.460. The number of nitrogens with zero attached hydrogens (tertiary/aromatic N) is 1. The molecule has 40 valence electrons. The standard InChI is InChI=1S/C4H6BrNS/c1-3-6-2-4(5)7-3/h4H,2H2,1H3. The van der Waals surface area contributed by atoms with Gasteiger partial charge in [0, 0.05) is 0 Å². The Kier molecular flexibility index (Phi) is 1.75. The molecule has 0 fully saturated rings. The van der Waals surface area contributed by atoms with Gasteiger partial charge in [-0.05, 0) is 6.92 Å². The van der Waals surface area contributed by atoms with Gasteiger partial charge in [0.25, 0.3) is 0 Å². The van der Waals surface area contributed by atoms with Crippen molar-refractivity contribution in [3.05, 3.63) is 0 Å². The van der Waals surface area contributed by atoms with Crippen molar-refractivity contribution in [2.75, 3.05) is 6.54 Å². The topological polar surface area (TPSA) is 12.4 Å². The lowest BCUT2D eigenvalue weighted by atomic mass is 10.8. The van der Waals surface area contributed by atoms with Crippen LogP contribution < -0.4 is 0 Å². The zero-order chi connectivity index (χ0) is 5.28. The minimum absolute atomic E-state index is 0.549. The second-order valence-corrected chi connectivity index (χ2v) is 4.49. The van der Waals surface area contributed by atoms with Crippen molar-refractivity contribution < 1.29 is 0 Å². The van der Waals surface area contributed by atoms with E-state index < -0.39 is 0 Å². The van der Waals surface area contributed by atoms with E-state index in [0.29, 0.717) is 4.16 Å². The molecule has 0 bridgehead atoms. The molecule has 0 aromatic heterocycles. The van der Waals surface area contributed by atoms with Crippen LogP contribution in [-0.4, -0.2) is 15.7 Å². The molecule has 1 heterocycles. The molecule has 1 unspecified atom stereocenters. The molecular weight excluding hydrogens is 174 g/mol. The van der Waals surface area contributed by atoms with Crippen LogP contribution in [0.5, 0.6) is 0 Å². The van der Waals surface area contributed by atoms with E-state index in [0.717, 1.165) is 6.54 Å². The zero-order valence-electron chi connectivity index (χ0n) is 4.02. The second-order valence-electron chi connectivity index (χ2n) is 1.39. The van der Waals surface area contributed by atoms with Gasteiger partial charge in [-0.2, -0.15) is 0 Å². The first-order valence-corrected chi connectivity index (χ1v) is 3.90.